The molecule has 1 aromatic carbocycles. The number of hydrogen-bond acceptors (Lipinski definition) is 3. The number of carbonyl (C=O) groups excluding carboxylic acids is 2. The van der Waals surface area contributed by atoms with Crippen molar-refractivity contribution in [1.82, 2.24) is 14.4 Å². The Hall–Kier alpha value is -2.67. The molecule has 0 saturated heterocycles. The molecule has 0 aliphatic heterocycles. The van der Waals surface area contributed by atoms with Gasteiger partial charge >= 0.3 is 0 Å². The second-order valence-corrected chi connectivity index (χ2v) is 11.1. The second-order valence-electron chi connectivity index (χ2n) is 11.1. The quantitative estimate of drug-likeness (QED) is 0.187. The first-order valence-corrected chi connectivity index (χ1v) is 15.5. The van der Waals surface area contributed by atoms with Crippen molar-refractivity contribution >= 4 is 11.8 Å². The first-order valence-electron chi connectivity index (χ1n) is 15.5. The molecular formula is C33H50FN3O3. The van der Waals surface area contributed by atoms with Crippen LogP contribution in [0.1, 0.15) is 102 Å². The summed E-state index contributed by atoms with van der Waals surface area (Å²) in [5, 5.41) is 0. The molecule has 222 valence electrons. The first-order chi connectivity index (χ1) is 19.5. The fraction of sp³-hybridized carbons (Fsp3) is 0.636. The maximum atomic E-state index is 13.9. The first kappa shape index (κ1) is 31.9. The maximum Gasteiger partial charge on any atom is 0.242 e. The standard InChI is InChI=1S/C33H50FN3O3/c1-3-5-6-7-11-17-32(38)36(23-13-24-40-4-2)27-33(39)37(30-14-9-8-10-15-30)26-31-16-12-22-35(31)25-28-18-20-29(34)21-19-28/h12,16,18-22,30H,3-11,13-15,17,23-27H2,1-2H3. The van der Waals surface area contributed by atoms with Gasteiger partial charge in [-0.05, 0) is 62.4 Å². The van der Waals surface area contributed by atoms with Crippen LogP contribution in [0, 0.1) is 5.82 Å². The summed E-state index contributed by atoms with van der Waals surface area (Å²) in [6, 6.07) is 10.8. The average Bonchev–Trinajstić information content (AvgIpc) is 3.41. The molecule has 6 nitrogen and oxygen atoms in total. The zero-order valence-electron chi connectivity index (χ0n) is 24.8. The fourth-order valence-electron chi connectivity index (χ4n) is 5.61. The number of hydrogen-bond donors (Lipinski definition) is 0. The molecule has 0 spiro atoms. The zero-order valence-corrected chi connectivity index (χ0v) is 24.8. The molecule has 0 N–H and O–H groups in total. The number of ether oxygens (including phenoxy) is 1. The molecule has 1 saturated carbocycles. The SMILES string of the molecule is CCCCCCCC(=O)N(CCCOCC)CC(=O)N(Cc1cccn1Cc1ccc(F)cc1)C1CCCCC1. The van der Waals surface area contributed by atoms with Gasteiger partial charge in [0.15, 0.2) is 0 Å². The van der Waals surface area contributed by atoms with Crippen molar-refractivity contribution in [2.45, 2.75) is 110 Å². The summed E-state index contributed by atoms with van der Waals surface area (Å²) in [4.78, 5) is 31.0. The van der Waals surface area contributed by atoms with Crippen molar-refractivity contribution < 1.29 is 18.7 Å². The van der Waals surface area contributed by atoms with Crippen LogP contribution in [0.5, 0.6) is 0 Å². The van der Waals surface area contributed by atoms with Crippen molar-refractivity contribution in [3.05, 3.63) is 59.7 Å². The van der Waals surface area contributed by atoms with E-state index < -0.39 is 0 Å². The summed E-state index contributed by atoms with van der Waals surface area (Å²) in [7, 11) is 0. The Morgan fingerprint density at radius 1 is 0.950 bits per heavy atom. The van der Waals surface area contributed by atoms with E-state index in [2.05, 4.69) is 17.6 Å². The third-order valence-electron chi connectivity index (χ3n) is 7.95. The van der Waals surface area contributed by atoms with Crippen LogP contribution >= 0.6 is 0 Å². The zero-order chi connectivity index (χ0) is 28.6. The Kier molecular flexibility index (Phi) is 14.3. The molecular weight excluding hydrogens is 505 g/mol. The highest BCUT2D eigenvalue weighted by molar-refractivity contribution is 5.85. The molecule has 0 radical (unpaired) electrons. The summed E-state index contributed by atoms with van der Waals surface area (Å²) in [6.45, 7) is 7.19. The van der Waals surface area contributed by atoms with Crippen molar-refractivity contribution in [3.8, 4) is 0 Å². The molecule has 0 unspecified atom stereocenters. The minimum atomic E-state index is -0.244. The number of rotatable bonds is 18. The third-order valence-corrected chi connectivity index (χ3v) is 7.95. The van der Waals surface area contributed by atoms with Gasteiger partial charge < -0.3 is 19.1 Å². The highest BCUT2D eigenvalue weighted by atomic mass is 19.1. The van der Waals surface area contributed by atoms with Crippen LogP contribution in [0.15, 0.2) is 42.6 Å². The molecule has 1 fully saturated rings. The maximum absolute atomic E-state index is 13.9. The molecule has 0 bridgehead atoms. The van der Waals surface area contributed by atoms with Gasteiger partial charge in [-0.15, -0.1) is 0 Å². The van der Waals surface area contributed by atoms with Crippen LogP contribution in [0.25, 0.3) is 0 Å². The molecule has 1 heterocycles. The topological polar surface area (TPSA) is 54.8 Å². The van der Waals surface area contributed by atoms with Gasteiger partial charge in [0.1, 0.15) is 5.82 Å². The Balaban J connectivity index is 1.71. The van der Waals surface area contributed by atoms with Crippen LogP contribution in [-0.2, 0) is 27.4 Å². The summed E-state index contributed by atoms with van der Waals surface area (Å²) in [5.74, 6) is -0.145. The molecule has 2 amide bonds. The number of nitrogens with zero attached hydrogens (tertiary/aromatic N) is 3. The van der Waals surface area contributed by atoms with Gasteiger partial charge in [-0.1, -0.05) is 64.0 Å². The molecule has 2 aromatic rings. The van der Waals surface area contributed by atoms with Gasteiger partial charge in [0, 0.05) is 50.7 Å². The van der Waals surface area contributed by atoms with E-state index in [0.29, 0.717) is 39.3 Å². The monoisotopic (exact) mass is 555 g/mol. The summed E-state index contributed by atoms with van der Waals surface area (Å²) >= 11 is 0. The van der Waals surface area contributed by atoms with Crippen molar-refractivity contribution in [3.63, 3.8) is 0 Å². The average molecular weight is 556 g/mol. The smallest absolute Gasteiger partial charge is 0.242 e. The van der Waals surface area contributed by atoms with Crippen LogP contribution in [-0.4, -0.2) is 58.5 Å². The Labute approximate surface area is 240 Å². The highest BCUT2D eigenvalue weighted by Crippen LogP contribution is 2.25. The molecule has 40 heavy (non-hydrogen) atoms. The van der Waals surface area contributed by atoms with Crippen molar-refractivity contribution in [2.24, 2.45) is 0 Å². The molecule has 3 rings (SSSR count). The van der Waals surface area contributed by atoms with E-state index in [1.807, 2.05) is 24.1 Å². The Morgan fingerprint density at radius 3 is 2.42 bits per heavy atom. The van der Waals surface area contributed by atoms with E-state index >= 15 is 0 Å². The van der Waals surface area contributed by atoms with E-state index in [1.54, 1.807) is 17.0 Å². The largest absolute Gasteiger partial charge is 0.382 e. The predicted octanol–water partition coefficient (Wildman–Crippen LogP) is 6.95. The number of unbranched alkanes of at least 4 members (excludes halogenated alkanes) is 4. The van der Waals surface area contributed by atoms with Crippen molar-refractivity contribution in [2.75, 3.05) is 26.3 Å². The van der Waals surface area contributed by atoms with E-state index in [0.717, 1.165) is 62.6 Å². The second kappa shape index (κ2) is 17.9. The molecule has 1 aromatic heterocycles. The van der Waals surface area contributed by atoms with Gasteiger partial charge in [0.25, 0.3) is 0 Å². The van der Waals surface area contributed by atoms with Gasteiger partial charge in [-0.2, -0.15) is 0 Å². The minimum absolute atomic E-state index is 0.0252. The van der Waals surface area contributed by atoms with Crippen LogP contribution < -0.4 is 0 Å². The highest BCUT2D eigenvalue weighted by Gasteiger charge is 2.28. The van der Waals surface area contributed by atoms with Gasteiger partial charge in [-0.3, -0.25) is 9.59 Å². The predicted molar refractivity (Wildman–Crippen MR) is 158 cm³/mol. The minimum Gasteiger partial charge on any atom is -0.382 e. The van der Waals surface area contributed by atoms with E-state index in [9.17, 15) is 14.0 Å². The lowest BCUT2D eigenvalue weighted by Gasteiger charge is -2.36. The Bertz CT molecular complexity index is 1000. The molecule has 7 heteroatoms. The number of amides is 2. The van der Waals surface area contributed by atoms with E-state index in [-0.39, 0.29) is 30.2 Å². The van der Waals surface area contributed by atoms with Crippen LogP contribution in [0.3, 0.4) is 0 Å². The van der Waals surface area contributed by atoms with E-state index in [1.165, 1.54) is 31.4 Å². The molecule has 0 atom stereocenters. The normalized spacial score (nSPS) is 13.9. The number of benzene rings is 1. The van der Waals surface area contributed by atoms with Crippen LogP contribution in [0.4, 0.5) is 4.39 Å². The van der Waals surface area contributed by atoms with Gasteiger partial charge in [0.05, 0.1) is 13.1 Å². The molecule has 1 aliphatic carbocycles. The number of carbonyl (C=O) groups is 2. The fourth-order valence-corrected chi connectivity index (χ4v) is 5.61. The Morgan fingerprint density at radius 2 is 1.70 bits per heavy atom. The summed E-state index contributed by atoms with van der Waals surface area (Å²) in [6.07, 6.45) is 14.2. The summed E-state index contributed by atoms with van der Waals surface area (Å²) < 4.78 is 21.1. The lowest BCUT2D eigenvalue weighted by Crippen LogP contribution is -2.48. The van der Waals surface area contributed by atoms with E-state index in [4.69, 9.17) is 4.74 Å². The number of halogens is 1. The summed E-state index contributed by atoms with van der Waals surface area (Å²) in [5.41, 5.74) is 2.06. The molecule has 1 aliphatic rings. The van der Waals surface area contributed by atoms with Crippen molar-refractivity contribution in [1.29, 1.82) is 0 Å². The lowest BCUT2D eigenvalue weighted by molar-refractivity contribution is -0.143. The van der Waals surface area contributed by atoms with Gasteiger partial charge in [0.2, 0.25) is 11.8 Å². The lowest BCUT2D eigenvalue weighted by atomic mass is 9.94. The van der Waals surface area contributed by atoms with Crippen LogP contribution in [0.2, 0.25) is 0 Å². The number of aromatic nitrogens is 1. The van der Waals surface area contributed by atoms with Gasteiger partial charge in [-0.25, -0.2) is 4.39 Å². The third kappa shape index (κ3) is 10.7.